The summed E-state index contributed by atoms with van der Waals surface area (Å²) in [5.41, 5.74) is 2.98. The molecule has 2 aliphatic heterocycles. The first-order chi connectivity index (χ1) is 16.5. The molecule has 0 saturated heterocycles. The number of anilines is 1. The molecular formula is C27H22FNO5. The van der Waals surface area contributed by atoms with Gasteiger partial charge in [-0.25, -0.2) is 9.18 Å². The smallest absolute Gasteiger partial charge is 0.336 e. The zero-order valence-electron chi connectivity index (χ0n) is 18.5. The number of hydrogen-bond acceptors (Lipinski definition) is 5. The molecule has 172 valence electrons. The van der Waals surface area contributed by atoms with Crippen LogP contribution in [-0.2, 0) is 20.9 Å². The Morgan fingerprint density at radius 2 is 1.82 bits per heavy atom. The van der Waals surface area contributed by atoms with Crippen molar-refractivity contribution >= 4 is 17.6 Å². The second-order valence-corrected chi connectivity index (χ2v) is 8.09. The molecule has 2 aliphatic rings. The maximum Gasteiger partial charge on any atom is 0.336 e. The van der Waals surface area contributed by atoms with Gasteiger partial charge in [0.25, 0.3) is 0 Å². The minimum absolute atomic E-state index is 0.0394. The second-order valence-electron chi connectivity index (χ2n) is 8.09. The monoisotopic (exact) mass is 459 g/mol. The van der Waals surface area contributed by atoms with Gasteiger partial charge in [-0.05, 0) is 41.5 Å². The molecule has 0 spiro atoms. The van der Waals surface area contributed by atoms with E-state index in [0.29, 0.717) is 35.1 Å². The third kappa shape index (κ3) is 4.01. The summed E-state index contributed by atoms with van der Waals surface area (Å²) in [6.45, 7) is 0.338. The number of nitrogens with zero attached hydrogens (tertiary/aromatic N) is 1. The van der Waals surface area contributed by atoms with E-state index in [1.807, 2.05) is 36.4 Å². The normalized spacial score (nSPS) is 17.5. The van der Waals surface area contributed by atoms with Crippen molar-refractivity contribution in [2.24, 2.45) is 0 Å². The van der Waals surface area contributed by atoms with Gasteiger partial charge in [-0.15, -0.1) is 0 Å². The van der Waals surface area contributed by atoms with E-state index < -0.39 is 17.7 Å². The molecule has 7 heteroatoms. The van der Waals surface area contributed by atoms with Crippen molar-refractivity contribution in [2.45, 2.75) is 18.9 Å². The number of cyclic esters (lactones) is 1. The van der Waals surface area contributed by atoms with Crippen LogP contribution in [0.25, 0.3) is 0 Å². The number of methoxy groups -OCH3 is 1. The Morgan fingerprint density at radius 1 is 1.00 bits per heavy atom. The van der Waals surface area contributed by atoms with Gasteiger partial charge >= 0.3 is 5.97 Å². The molecule has 0 saturated carbocycles. The van der Waals surface area contributed by atoms with Gasteiger partial charge in [0.1, 0.15) is 19.0 Å². The van der Waals surface area contributed by atoms with Crippen LogP contribution >= 0.6 is 0 Å². The third-order valence-corrected chi connectivity index (χ3v) is 6.01. The van der Waals surface area contributed by atoms with Gasteiger partial charge in [-0.2, -0.15) is 0 Å². The van der Waals surface area contributed by atoms with E-state index in [-0.39, 0.29) is 18.9 Å². The van der Waals surface area contributed by atoms with E-state index in [4.69, 9.17) is 14.2 Å². The SMILES string of the molecule is COc1cc(C2CC(=O)N(c3cccc(F)c3)C3=C2C(=O)OC3)ccc1OCc1ccccc1. The van der Waals surface area contributed by atoms with Crippen LogP contribution in [-0.4, -0.2) is 25.6 Å². The zero-order valence-corrected chi connectivity index (χ0v) is 18.5. The fourth-order valence-electron chi connectivity index (χ4n) is 4.41. The summed E-state index contributed by atoms with van der Waals surface area (Å²) in [4.78, 5) is 27.2. The molecular weight excluding hydrogens is 437 g/mol. The highest BCUT2D eigenvalue weighted by Gasteiger charge is 2.43. The van der Waals surface area contributed by atoms with Crippen LogP contribution in [0.1, 0.15) is 23.5 Å². The van der Waals surface area contributed by atoms with Gasteiger partial charge in [0, 0.05) is 12.3 Å². The van der Waals surface area contributed by atoms with E-state index >= 15 is 0 Å². The molecule has 3 aromatic carbocycles. The molecule has 3 aromatic rings. The molecule has 2 heterocycles. The van der Waals surface area contributed by atoms with E-state index in [0.717, 1.165) is 11.1 Å². The standard InChI is InChI=1S/C27H22FNO5/c1-32-24-12-18(10-11-23(24)33-15-17-6-3-2-4-7-17)21-14-25(30)29(20-9-5-8-19(28)13-20)22-16-34-27(31)26(21)22/h2-13,21H,14-16H2,1H3. The number of benzene rings is 3. The zero-order chi connectivity index (χ0) is 23.7. The predicted molar refractivity (Wildman–Crippen MR) is 123 cm³/mol. The van der Waals surface area contributed by atoms with Crippen LogP contribution in [0.4, 0.5) is 10.1 Å². The van der Waals surface area contributed by atoms with Crippen LogP contribution in [0.3, 0.4) is 0 Å². The minimum atomic E-state index is -0.501. The number of carbonyl (C=O) groups is 2. The van der Waals surface area contributed by atoms with Crippen molar-refractivity contribution < 1.29 is 28.2 Å². The summed E-state index contributed by atoms with van der Waals surface area (Å²) in [5, 5.41) is 0. The molecule has 34 heavy (non-hydrogen) atoms. The fourth-order valence-corrected chi connectivity index (χ4v) is 4.41. The summed E-state index contributed by atoms with van der Waals surface area (Å²) in [5.74, 6) is -0.618. The van der Waals surface area contributed by atoms with Crippen LogP contribution in [0.2, 0.25) is 0 Å². The van der Waals surface area contributed by atoms with Gasteiger partial charge in [-0.3, -0.25) is 9.69 Å². The topological polar surface area (TPSA) is 65.1 Å². The molecule has 0 N–H and O–H groups in total. The quantitative estimate of drug-likeness (QED) is 0.498. The largest absolute Gasteiger partial charge is 0.493 e. The fraction of sp³-hybridized carbons (Fsp3) is 0.185. The first-order valence-corrected chi connectivity index (χ1v) is 10.9. The number of esters is 1. The highest BCUT2D eigenvalue weighted by molar-refractivity contribution is 6.06. The average Bonchev–Trinajstić information content (AvgIpc) is 3.23. The lowest BCUT2D eigenvalue weighted by atomic mass is 9.84. The van der Waals surface area contributed by atoms with Crippen LogP contribution < -0.4 is 14.4 Å². The lowest BCUT2D eigenvalue weighted by molar-refractivity contribution is -0.136. The molecule has 0 fully saturated rings. The van der Waals surface area contributed by atoms with Crippen LogP contribution in [0.5, 0.6) is 11.5 Å². The lowest BCUT2D eigenvalue weighted by Crippen LogP contribution is -2.37. The summed E-state index contributed by atoms with van der Waals surface area (Å²) < 4.78 is 30.6. The van der Waals surface area contributed by atoms with Crippen molar-refractivity contribution in [1.29, 1.82) is 0 Å². The number of ether oxygens (including phenoxy) is 3. The van der Waals surface area contributed by atoms with E-state index in [1.165, 1.54) is 23.1 Å². The predicted octanol–water partition coefficient (Wildman–Crippen LogP) is 4.74. The Kier molecular flexibility index (Phi) is 5.76. The van der Waals surface area contributed by atoms with E-state index in [1.54, 1.807) is 25.3 Å². The van der Waals surface area contributed by atoms with E-state index in [9.17, 15) is 14.0 Å². The van der Waals surface area contributed by atoms with Crippen molar-refractivity contribution in [3.8, 4) is 11.5 Å². The number of hydrogen-bond donors (Lipinski definition) is 0. The highest BCUT2D eigenvalue weighted by Crippen LogP contribution is 2.43. The summed E-state index contributed by atoms with van der Waals surface area (Å²) >= 11 is 0. The van der Waals surface area contributed by atoms with Gasteiger partial charge < -0.3 is 14.2 Å². The Balaban J connectivity index is 1.47. The van der Waals surface area contributed by atoms with Crippen molar-refractivity contribution in [1.82, 2.24) is 0 Å². The van der Waals surface area contributed by atoms with Gasteiger partial charge in [0.2, 0.25) is 5.91 Å². The molecule has 5 rings (SSSR count). The molecule has 0 radical (unpaired) electrons. The number of amides is 1. The Labute approximate surface area is 196 Å². The molecule has 0 aromatic heterocycles. The molecule has 0 aliphatic carbocycles. The number of halogens is 1. The summed E-state index contributed by atoms with van der Waals surface area (Å²) in [7, 11) is 1.54. The number of carbonyl (C=O) groups excluding carboxylic acids is 2. The lowest BCUT2D eigenvalue weighted by Gasteiger charge is -2.32. The van der Waals surface area contributed by atoms with Gasteiger partial charge in [0.05, 0.1) is 24.1 Å². The third-order valence-electron chi connectivity index (χ3n) is 6.01. The molecule has 1 amide bonds. The minimum Gasteiger partial charge on any atom is -0.493 e. The average molecular weight is 459 g/mol. The molecule has 1 atom stereocenters. The molecule has 6 nitrogen and oxygen atoms in total. The van der Waals surface area contributed by atoms with Crippen molar-refractivity contribution in [3.05, 3.63) is 101 Å². The maximum absolute atomic E-state index is 13.8. The van der Waals surface area contributed by atoms with Gasteiger partial charge in [-0.1, -0.05) is 42.5 Å². The van der Waals surface area contributed by atoms with Crippen LogP contribution in [0, 0.1) is 5.82 Å². The summed E-state index contributed by atoms with van der Waals surface area (Å²) in [6.07, 6.45) is 0.0395. The second kappa shape index (κ2) is 9.02. The first kappa shape index (κ1) is 21.7. The van der Waals surface area contributed by atoms with E-state index in [2.05, 4.69) is 0 Å². The Hall–Kier alpha value is -4.13. The Bertz CT molecular complexity index is 1290. The maximum atomic E-state index is 13.8. The van der Waals surface area contributed by atoms with Crippen molar-refractivity contribution in [2.75, 3.05) is 18.6 Å². The van der Waals surface area contributed by atoms with Crippen molar-refractivity contribution in [3.63, 3.8) is 0 Å². The highest BCUT2D eigenvalue weighted by atomic mass is 19.1. The summed E-state index contributed by atoms with van der Waals surface area (Å²) in [6, 6.07) is 20.9. The van der Waals surface area contributed by atoms with Crippen LogP contribution in [0.15, 0.2) is 84.1 Å². The van der Waals surface area contributed by atoms with Gasteiger partial charge in [0.15, 0.2) is 11.5 Å². The Morgan fingerprint density at radius 3 is 2.59 bits per heavy atom. The first-order valence-electron chi connectivity index (χ1n) is 10.9. The molecule has 0 bridgehead atoms. The molecule has 1 unspecified atom stereocenters. The number of rotatable bonds is 6.